The zero-order valence-corrected chi connectivity index (χ0v) is 12.3. The first kappa shape index (κ1) is 14.7. The number of benzene rings is 2. The Balaban J connectivity index is 2.60. The first-order chi connectivity index (χ1) is 8.91. The van der Waals surface area contributed by atoms with Crippen LogP contribution in [0.25, 0.3) is 0 Å². The first-order valence-electron chi connectivity index (χ1n) is 5.14. The lowest BCUT2D eigenvalue weighted by atomic mass is 10.0. The molecule has 100 valence electrons. The summed E-state index contributed by atoms with van der Waals surface area (Å²) < 4.78 is 40.3. The molecule has 0 aromatic heterocycles. The van der Waals surface area contributed by atoms with Gasteiger partial charge in [-0.25, -0.2) is 13.2 Å². The summed E-state index contributed by atoms with van der Waals surface area (Å²) >= 11 is 15.1. The minimum absolute atomic E-state index is 0.262. The summed E-state index contributed by atoms with van der Waals surface area (Å²) in [4.78, 5) is -0.908. The Kier molecular flexibility index (Phi) is 4.43. The molecule has 0 aliphatic heterocycles. The molecule has 0 spiro atoms. The van der Waals surface area contributed by atoms with Crippen molar-refractivity contribution in [2.24, 2.45) is 0 Å². The average Bonchev–Trinajstić information content (AvgIpc) is 2.26. The molecule has 0 N–H and O–H groups in total. The van der Waals surface area contributed by atoms with Gasteiger partial charge in [-0.15, -0.1) is 0 Å². The van der Waals surface area contributed by atoms with Gasteiger partial charge in [-0.05, 0) is 12.1 Å². The Hall–Kier alpha value is -0.710. The molecular formula is C13H6BrCl2F3. The summed E-state index contributed by atoms with van der Waals surface area (Å²) in [5.74, 6) is -2.99. The van der Waals surface area contributed by atoms with Crippen molar-refractivity contribution in [2.45, 2.75) is 4.83 Å². The summed E-state index contributed by atoms with van der Waals surface area (Å²) in [6.45, 7) is 0. The zero-order chi connectivity index (χ0) is 14.2. The van der Waals surface area contributed by atoms with Gasteiger partial charge in [0.1, 0.15) is 17.5 Å². The molecule has 0 fully saturated rings. The van der Waals surface area contributed by atoms with Gasteiger partial charge in [0.05, 0.1) is 4.83 Å². The predicted molar refractivity (Wildman–Crippen MR) is 73.5 cm³/mol. The number of alkyl halides is 1. The van der Waals surface area contributed by atoms with E-state index in [1.807, 2.05) is 0 Å². The monoisotopic (exact) mass is 368 g/mol. The normalized spacial score (nSPS) is 12.5. The number of hydrogen-bond acceptors (Lipinski definition) is 0. The van der Waals surface area contributed by atoms with Crippen molar-refractivity contribution < 1.29 is 13.2 Å². The third kappa shape index (κ3) is 2.91. The van der Waals surface area contributed by atoms with Crippen LogP contribution < -0.4 is 0 Å². The molecule has 0 bridgehead atoms. The Bertz CT molecular complexity index is 588. The van der Waals surface area contributed by atoms with Crippen LogP contribution in [-0.2, 0) is 0 Å². The second-order valence-electron chi connectivity index (χ2n) is 3.78. The SMILES string of the molecule is Fc1cc(F)c(C(Br)c2c(Cl)cccc2Cl)c(F)c1. The quantitative estimate of drug-likeness (QED) is 0.578. The highest BCUT2D eigenvalue weighted by molar-refractivity contribution is 9.09. The summed E-state index contributed by atoms with van der Waals surface area (Å²) in [5.41, 5.74) is -0.00774. The summed E-state index contributed by atoms with van der Waals surface area (Å²) in [7, 11) is 0. The maximum Gasteiger partial charge on any atom is 0.133 e. The van der Waals surface area contributed by atoms with Crippen LogP contribution in [0.15, 0.2) is 30.3 Å². The molecule has 1 atom stereocenters. The molecule has 0 aliphatic rings. The van der Waals surface area contributed by atoms with Gasteiger partial charge in [-0.3, -0.25) is 0 Å². The number of hydrogen-bond donors (Lipinski definition) is 0. The van der Waals surface area contributed by atoms with Gasteiger partial charge in [-0.1, -0.05) is 45.2 Å². The molecular weight excluding hydrogens is 364 g/mol. The summed E-state index contributed by atoms with van der Waals surface area (Å²) in [5, 5.41) is 0.523. The maximum absolute atomic E-state index is 13.7. The third-order valence-electron chi connectivity index (χ3n) is 2.55. The van der Waals surface area contributed by atoms with E-state index in [0.717, 1.165) is 0 Å². The molecule has 19 heavy (non-hydrogen) atoms. The van der Waals surface area contributed by atoms with Gasteiger partial charge in [0.2, 0.25) is 0 Å². The maximum atomic E-state index is 13.7. The predicted octanol–water partition coefficient (Wildman–Crippen LogP) is 5.90. The molecule has 2 aromatic rings. The van der Waals surface area contributed by atoms with E-state index in [1.54, 1.807) is 18.2 Å². The van der Waals surface area contributed by atoms with Crippen LogP contribution in [0.3, 0.4) is 0 Å². The number of rotatable bonds is 2. The molecule has 2 rings (SSSR count). The van der Waals surface area contributed by atoms with Crippen LogP contribution in [-0.4, -0.2) is 0 Å². The lowest BCUT2D eigenvalue weighted by Gasteiger charge is -2.15. The Morgan fingerprint density at radius 1 is 0.895 bits per heavy atom. The second kappa shape index (κ2) is 5.73. The van der Waals surface area contributed by atoms with Gasteiger partial charge in [0, 0.05) is 33.3 Å². The van der Waals surface area contributed by atoms with Gasteiger partial charge >= 0.3 is 0 Å². The molecule has 0 aliphatic carbocycles. The highest BCUT2D eigenvalue weighted by Crippen LogP contribution is 2.41. The molecule has 0 amide bonds. The van der Waals surface area contributed by atoms with E-state index >= 15 is 0 Å². The van der Waals surface area contributed by atoms with Crippen LogP contribution in [0.2, 0.25) is 10.0 Å². The molecule has 1 unspecified atom stereocenters. The fourth-order valence-corrected chi connectivity index (χ4v) is 3.50. The Morgan fingerprint density at radius 3 is 1.84 bits per heavy atom. The van der Waals surface area contributed by atoms with Crippen LogP contribution in [0.5, 0.6) is 0 Å². The lowest BCUT2D eigenvalue weighted by molar-refractivity contribution is 0.527. The Labute approximate surface area is 126 Å². The van der Waals surface area contributed by atoms with E-state index in [4.69, 9.17) is 23.2 Å². The van der Waals surface area contributed by atoms with Crippen molar-refractivity contribution >= 4 is 39.1 Å². The summed E-state index contributed by atoms with van der Waals surface area (Å²) in [6.07, 6.45) is 0. The van der Waals surface area contributed by atoms with Crippen LogP contribution in [0.1, 0.15) is 16.0 Å². The van der Waals surface area contributed by atoms with E-state index in [1.165, 1.54) is 0 Å². The van der Waals surface area contributed by atoms with Crippen molar-refractivity contribution in [3.8, 4) is 0 Å². The lowest BCUT2D eigenvalue weighted by Crippen LogP contribution is -2.03. The minimum Gasteiger partial charge on any atom is -0.207 e. The van der Waals surface area contributed by atoms with Crippen molar-refractivity contribution in [3.63, 3.8) is 0 Å². The first-order valence-corrected chi connectivity index (χ1v) is 6.81. The van der Waals surface area contributed by atoms with Crippen molar-refractivity contribution in [2.75, 3.05) is 0 Å². The molecule has 0 heterocycles. The molecule has 0 saturated carbocycles. The van der Waals surface area contributed by atoms with Gasteiger partial charge in [0.25, 0.3) is 0 Å². The van der Waals surface area contributed by atoms with E-state index in [9.17, 15) is 13.2 Å². The smallest absolute Gasteiger partial charge is 0.133 e. The van der Waals surface area contributed by atoms with E-state index in [0.29, 0.717) is 17.7 Å². The largest absolute Gasteiger partial charge is 0.207 e. The van der Waals surface area contributed by atoms with E-state index in [-0.39, 0.29) is 15.6 Å². The molecule has 0 radical (unpaired) electrons. The fraction of sp³-hybridized carbons (Fsp3) is 0.0769. The number of halogens is 6. The van der Waals surface area contributed by atoms with Gasteiger partial charge in [-0.2, -0.15) is 0 Å². The Morgan fingerprint density at radius 2 is 1.37 bits per heavy atom. The van der Waals surface area contributed by atoms with E-state index in [2.05, 4.69) is 15.9 Å². The van der Waals surface area contributed by atoms with E-state index < -0.39 is 22.3 Å². The average molecular weight is 370 g/mol. The van der Waals surface area contributed by atoms with Gasteiger partial charge < -0.3 is 0 Å². The fourth-order valence-electron chi connectivity index (χ4n) is 1.69. The zero-order valence-electron chi connectivity index (χ0n) is 9.23. The highest BCUT2D eigenvalue weighted by atomic mass is 79.9. The molecule has 0 nitrogen and oxygen atoms in total. The molecule has 6 heteroatoms. The third-order valence-corrected chi connectivity index (χ3v) is 4.13. The standard InChI is InChI=1S/C13H6BrCl2F3/c14-13(11-7(15)2-1-3-8(11)16)12-9(18)4-6(17)5-10(12)19/h1-5,13H. The van der Waals surface area contributed by atoms with Crippen molar-refractivity contribution in [3.05, 3.63) is 69.0 Å². The van der Waals surface area contributed by atoms with Crippen LogP contribution in [0.4, 0.5) is 13.2 Å². The summed E-state index contributed by atoms with van der Waals surface area (Å²) in [6, 6.07) is 5.94. The van der Waals surface area contributed by atoms with Crippen LogP contribution in [0, 0.1) is 17.5 Å². The molecule has 0 saturated heterocycles. The molecule has 2 aromatic carbocycles. The topological polar surface area (TPSA) is 0 Å². The van der Waals surface area contributed by atoms with Crippen LogP contribution >= 0.6 is 39.1 Å². The second-order valence-corrected chi connectivity index (χ2v) is 5.51. The van der Waals surface area contributed by atoms with Gasteiger partial charge in [0.15, 0.2) is 0 Å². The van der Waals surface area contributed by atoms with Crippen molar-refractivity contribution in [1.29, 1.82) is 0 Å². The van der Waals surface area contributed by atoms with Crippen molar-refractivity contribution in [1.82, 2.24) is 0 Å². The minimum atomic E-state index is -1.00. The highest BCUT2D eigenvalue weighted by Gasteiger charge is 2.24.